The molecule has 1 aliphatic rings. The first-order chi connectivity index (χ1) is 8.59. The van der Waals surface area contributed by atoms with Crippen molar-refractivity contribution < 1.29 is 9.84 Å². The molecular formula is C16H24O2. The van der Waals surface area contributed by atoms with Crippen LogP contribution in [0, 0.1) is 13.8 Å². The highest BCUT2D eigenvalue weighted by atomic mass is 16.5. The zero-order valence-electron chi connectivity index (χ0n) is 11.7. The smallest absolute Gasteiger partial charge is 0.0939 e. The van der Waals surface area contributed by atoms with Crippen LogP contribution in [0.5, 0.6) is 0 Å². The zero-order chi connectivity index (χ0) is 13.2. The van der Waals surface area contributed by atoms with Gasteiger partial charge in [0, 0.05) is 13.5 Å². The fraction of sp³-hybridized carbons (Fsp3) is 0.625. The zero-order valence-corrected chi connectivity index (χ0v) is 11.7. The lowest BCUT2D eigenvalue weighted by Crippen LogP contribution is -2.43. The molecule has 1 aromatic carbocycles. The lowest BCUT2D eigenvalue weighted by molar-refractivity contribution is -0.0971. The van der Waals surface area contributed by atoms with E-state index in [2.05, 4.69) is 32.0 Å². The van der Waals surface area contributed by atoms with Crippen molar-refractivity contribution >= 4 is 0 Å². The molecular weight excluding hydrogens is 224 g/mol. The van der Waals surface area contributed by atoms with E-state index in [-0.39, 0.29) is 5.60 Å². The highest BCUT2D eigenvalue weighted by Crippen LogP contribution is 2.37. The fourth-order valence-electron chi connectivity index (χ4n) is 3.20. The molecule has 1 aliphatic carbocycles. The molecule has 100 valence electrons. The van der Waals surface area contributed by atoms with E-state index in [1.54, 1.807) is 7.11 Å². The van der Waals surface area contributed by atoms with Gasteiger partial charge in [0.15, 0.2) is 0 Å². The number of hydrogen-bond donors (Lipinski definition) is 1. The van der Waals surface area contributed by atoms with Crippen molar-refractivity contribution in [2.75, 3.05) is 7.11 Å². The summed E-state index contributed by atoms with van der Waals surface area (Å²) < 4.78 is 5.66. The maximum absolute atomic E-state index is 10.6. The summed E-state index contributed by atoms with van der Waals surface area (Å²) in [6, 6.07) is 6.30. The number of hydrogen-bond acceptors (Lipinski definition) is 2. The molecule has 1 aromatic rings. The van der Waals surface area contributed by atoms with E-state index in [1.807, 2.05) is 0 Å². The molecule has 0 heterocycles. The Labute approximate surface area is 110 Å². The van der Waals surface area contributed by atoms with Gasteiger partial charge in [0.05, 0.1) is 11.7 Å². The number of ether oxygens (including phenoxy) is 1. The van der Waals surface area contributed by atoms with Gasteiger partial charge in [-0.15, -0.1) is 0 Å². The summed E-state index contributed by atoms with van der Waals surface area (Å²) in [5.41, 5.74) is 3.49. The predicted octanol–water partition coefficient (Wildman–Crippen LogP) is 3.17. The van der Waals surface area contributed by atoms with Crippen LogP contribution >= 0.6 is 0 Å². The molecule has 0 spiro atoms. The van der Waals surface area contributed by atoms with Gasteiger partial charge in [-0.2, -0.15) is 0 Å². The Balaban J connectivity index is 2.18. The number of aliphatic hydroxyl groups excluding tert-OH is 1. The lowest BCUT2D eigenvalue weighted by atomic mass is 9.87. The van der Waals surface area contributed by atoms with Crippen LogP contribution in [0.3, 0.4) is 0 Å². The van der Waals surface area contributed by atoms with Gasteiger partial charge in [-0.1, -0.05) is 31.0 Å². The number of methoxy groups -OCH3 is 1. The second-order valence-corrected chi connectivity index (χ2v) is 5.57. The Bertz CT molecular complexity index is 385. The maximum Gasteiger partial charge on any atom is 0.0939 e. The van der Waals surface area contributed by atoms with Gasteiger partial charge >= 0.3 is 0 Å². The summed E-state index contributed by atoms with van der Waals surface area (Å²) >= 11 is 0. The van der Waals surface area contributed by atoms with Crippen molar-refractivity contribution in [3.63, 3.8) is 0 Å². The molecule has 0 radical (unpaired) electrons. The highest BCUT2D eigenvalue weighted by molar-refractivity contribution is 5.34. The molecule has 1 fully saturated rings. The van der Waals surface area contributed by atoms with E-state index in [0.717, 1.165) is 25.7 Å². The average molecular weight is 248 g/mol. The van der Waals surface area contributed by atoms with Crippen LogP contribution in [-0.4, -0.2) is 23.9 Å². The third kappa shape index (κ3) is 2.45. The molecule has 0 aliphatic heterocycles. The molecule has 0 aromatic heterocycles. The molecule has 1 atom stereocenters. The Kier molecular flexibility index (Phi) is 4.08. The van der Waals surface area contributed by atoms with Crippen LogP contribution in [0.1, 0.15) is 42.4 Å². The Morgan fingerprint density at radius 3 is 2.28 bits per heavy atom. The van der Waals surface area contributed by atoms with Crippen molar-refractivity contribution in [3.8, 4) is 0 Å². The van der Waals surface area contributed by atoms with Crippen molar-refractivity contribution in [3.05, 3.63) is 34.9 Å². The van der Waals surface area contributed by atoms with Gasteiger partial charge in [-0.3, -0.25) is 0 Å². The van der Waals surface area contributed by atoms with Gasteiger partial charge < -0.3 is 9.84 Å². The third-order valence-electron chi connectivity index (χ3n) is 4.51. The van der Waals surface area contributed by atoms with Gasteiger partial charge in [0.1, 0.15) is 0 Å². The Morgan fingerprint density at radius 2 is 1.78 bits per heavy atom. The highest BCUT2D eigenvalue weighted by Gasteiger charge is 2.40. The number of rotatable bonds is 4. The molecule has 0 amide bonds. The van der Waals surface area contributed by atoms with Gasteiger partial charge in [-0.05, 0) is 43.4 Å². The minimum absolute atomic E-state index is 0.311. The lowest BCUT2D eigenvalue weighted by Gasteiger charge is -2.33. The second kappa shape index (κ2) is 5.41. The summed E-state index contributed by atoms with van der Waals surface area (Å²) in [4.78, 5) is 0. The first-order valence-electron chi connectivity index (χ1n) is 6.87. The van der Waals surface area contributed by atoms with E-state index < -0.39 is 6.10 Å². The number of aliphatic hydroxyl groups is 1. The van der Waals surface area contributed by atoms with E-state index >= 15 is 0 Å². The van der Waals surface area contributed by atoms with Gasteiger partial charge in [0.25, 0.3) is 0 Å². The molecule has 2 heteroatoms. The van der Waals surface area contributed by atoms with Crippen LogP contribution in [0.25, 0.3) is 0 Å². The Hall–Kier alpha value is -0.860. The van der Waals surface area contributed by atoms with Crippen LogP contribution in [0.4, 0.5) is 0 Å². The van der Waals surface area contributed by atoms with Crippen molar-refractivity contribution in [2.24, 2.45) is 0 Å². The maximum atomic E-state index is 10.6. The minimum atomic E-state index is -0.398. The van der Waals surface area contributed by atoms with Gasteiger partial charge in [0.2, 0.25) is 0 Å². The van der Waals surface area contributed by atoms with Crippen LogP contribution < -0.4 is 0 Å². The fourth-order valence-corrected chi connectivity index (χ4v) is 3.20. The molecule has 2 rings (SSSR count). The quantitative estimate of drug-likeness (QED) is 0.887. The van der Waals surface area contributed by atoms with Gasteiger partial charge in [-0.25, -0.2) is 0 Å². The van der Waals surface area contributed by atoms with Crippen molar-refractivity contribution in [1.29, 1.82) is 0 Å². The first-order valence-corrected chi connectivity index (χ1v) is 6.87. The van der Waals surface area contributed by atoms with Crippen molar-refractivity contribution in [1.82, 2.24) is 0 Å². The number of benzene rings is 1. The largest absolute Gasteiger partial charge is 0.390 e. The van der Waals surface area contributed by atoms with Crippen LogP contribution in [0.15, 0.2) is 18.2 Å². The molecule has 1 saturated carbocycles. The summed E-state index contributed by atoms with van der Waals surface area (Å²) in [5, 5.41) is 10.6. The Morgan fingerprint density at radius 1 is 1.22 bits per heavy atom. The topological polar surface area (TPSA) is 29.5 Å². The SMILES string of the molecule is COC1(C(O)Cc2c(C)cccc2C)CCCC1. The standard InChI is InChI=1S/C16H24O2/c1-12-7-6-8-13(2)14(12)11-15(17)16(18-3)9-4-5-10-16/h6-8,15,17H,4-5,9-11H2,1-3H3. The van der Waals surface area contributed by atoms with E-state index in [9.17, 15) is 5.11 Å². The monoisotopic (exact) mass is 248 g/mol. The molecule has 18 heavy (non-hydrogen) atoms. The van der Waals surface area contributed by atoms with Crippen molar-refractivity contribution in [2.45, 2.75) is 57.7 Å². The molecule has 2 nitrogen and oxygen atoms in total. The predicted molar refractivity (Wildman–Crippen MR) is 73.8 cm³/mol. The molecule has 0 saturated heterocycles. The first kappa shape index (κ1) is 13.6. The molecule has 1 unspecified atom stereocenters. The normalized spacial score (nSPS) is 20.0. The van der Waals surface area contributed by atoms with E-state index in [4.69, 9.17) is 4.74 Å². The van der Waals surface area contributed by atoms with Crippen LogP contribution in [0.2, 0.25) is 0 Å². The van der Waals surface area contributed by atoms with E-state index in [1.165, 1.54) is 16.7 Å². The minimum Gasteiger partial charge on any atom is -0.390 e. The van der Waals surface area contributed by atoms with E-state index in [0.29, 0.717) is 6.42 Å². The molecule has 0 bridgehead atoms. The summed E-state index contributed by atoms with van der Waals surface area (Å²) in [6.07, 6.45) is 4.59. The average Bonchev–Trinajstić information content (AvgIpc) is 2.84. The number of aryl methyl sites for hydroxylation is 2. The third-order valence-corrected chi connectivity index (χ3v) is 4.51. The summed E-state index contributed by atoms with van der Waals surface area (Å²) in [5.74, 6) is 0. The second-order valence-electron chi connectivity index (χ2n) is 5.57. The summed E-state index contributed by atoms with van der Waals surface area (Å²) in [6.45, 7) is 4.23. The van der Waals surface area contributed by atoms with Crippen LogP contribution in [-0.2, 0) is 11.2 Å². The summed E-state index contributed by atoms with van der Waals surface area (Å²) in [7, 11) is 1.74. The molecule has 1 N–H and O–H groups in total.